The molecule has 0 saturated carbocycles. The van der Waals surface area contributed by atoms with Crippen molar-refractivity contribution in [3.05, 3.63) is 131 Å². The summed E-state index contributed by atoms with van der Waals surface area (Å²) >= 11 is 17.2. The maximum atomic E-state index is 13.1. The SMILES string of the molecule is O=C1CC(=O)NC(c2ccsc2)(c2cccc(Br)n2)C1.O=C1CC(c2ccsc2)(c2cccc(Br)n2)NC(=O)C1Sc1ccccc1Cl. The smallest absolute Gasteiger partial charge is 0.242 e. The molecule has 5 aromatic rings. The third-order valence-corrected chi connectivity index (χ3v) is 11.9. The zero-order chi connectivity index (χ0) is 33.9. The number of nitrogens with one attached hydrogen (secondary N) is 2. The average molecular weight is 845 g/mol. The van der Waals surface area contributed by atoms with Crippen LogP contribution >= 0.6 is 77.9 Å². The molecule has 2 aliphatic rings. The molecule has 8 nitrogen and oxygen atoms in total. The van der Waals surface area contributed by atoms with Crippen molar-refractivity contribution >= 4 is 101 Å². The topological polar surface area (TPSA) is 118 Å². The monoisotopic (exact) mass is 842 g/mol. The standard InChI is InChI=1S/C20H14BrClN2O2S2.C14H11BrN2O2S/c21-17-7-3-6-16(23-17)20(12-8-9-27-11-12)10-14(25)18(19(26)24-20)28-15-5-2-1-4-13(15)22;15-12-3-1-2-11(16-12)14(9-4-5-20-8-9)7-10(18)6-13(19)17-14/h1-9,11,18H,10H2,(H,24,26);1-5,8H,6-7H2,(H,17,19). The van der Waals surface area contributed by atoms with E-state index < -0.39 is 16.3 Å². The number of hydrogen-bond donors (Lipinski definition) is 2. The number of benzene rings is 1. The summed E-state index contributed by atoms with van der Waals surface area (Å²) in [5.74, 6) is -0.813. The molecule has 3 unspecified atom stereocenters. The van der Waals surface area contributed by atoms with Crippen LogP contribution < -0.4 is 10.6 Å². The van der Waals surface area contributed by atoms with Gasteiger partial charge >= 0.3 is 0 Å². The van der Waals surface area contributed by atoms with E-state index in [1.54, 1.807) is 6.07 Å². The molecule has 0 spiro atoms. The molecule has 7 rings (SSSR count). The van der Waals surface area contributed by atoms with Gasteiger partial charge in [0.1, 0.15) is 31.3 Å². The number of ketones is 2. The van der Waals surface area contributed by atoms with E-state index in [-0.39, 0.29) is 42.6 Å². The Balaban J connectivity index is 0.000000177. The van der Waals surface area contributed by atoms with Crippen LogP contribution in [0.25, 0.3) is 0 Å². The fraction of sp³-hybridized carbons (Fsp3) is 0.176. The Bertz CT molecular complexity index is 1960. The van der Waals surface area contributed by atoms with Crippen LogP contribution in [0.5, 0.6) is 0 Å². The molecular formula is C34H25Br2ClN4O4S3. The summed E-state index contributed by atoms with van der Waals surface area (Å²) < 4.78 is 1.32. The number of nitrogens with zero attached hydrogens (tertiary/aromatic N) is 2. The molecule has 2 fully saturated rings. The van der Waals surface area contributed by atoms with Gasteiger partial charge in [0.15, 0.2) is 5.78 Å². The third-order valence-electron chi connectivity index (χ3n) is 7.89. The van der Waals surface area contributed by atoms with Gasteiger partial charge in [-0.15, -0.1) is 11.8 Å². The van der Waals surface area contributed by atoms with Gasteiger partial charge in [-0.2, -0.15) is 22.7 Å². The van der Waals surface area contributed by atoms with Gasteiger partial charge in [0, 0.05) is 17.7 Å². The highest BCUT2D eigenvalue weighted by Crippen LogP contribution is 2.41. The van der Waals surface area contributed by atoms with Gasteiger partial charge in [-0.3, -0.25) is 19.2 Å². The summed E-state index contributed by atoms with van der Waals surface area (Å²) in [7, 11) is 0. The van der Waals surface area contributed by atoms with Crippen molar-refractivity contribution < 1.29 is 19.2 Å². The lowest BCUT2D eigenvalue weighted by Crippen LogP contribution is -2.58. The van der Waals surface area contributed by atoms with E-state index in [4.69, 9.17) is 11.6 Å². The Morgan fingerprint density at radius 2 is 1.33 bits per heavy atom. The predicted molar refractivity (Wildman–Crippen MR) is 195 cm³/mol. The van der Waals surface area contributed by atoms with Crippen LogP contribution in [-0.4, -0.2) is 38.6 Å². The maximum Gasteiger partial charge on any atom is 0.242 e. The number of aromatic nitrogens is 2. The molecule has 3 atom stereocenters. The second-order valence-electron chi connectivity index (χ2n) is 11.0. The van der Waals surface area contributed by atoms with Crippen molar-refractivity contribution in [2.45, 2.75) is 40.5 Å². The molecule has 48 heavy (non-hydrogen) atoms. The number of amides is 2. The van der Waals surface area contributed by atoms with Crippen LogP contribution in [0.3, 0.4) is 0 Å². The molecule has 244 valence electrons. The van der Waals surface area contributed by atoms with Crippen LogP contribution in [0.2, 0.25) is 5.02 Å². The van der Waals surface area contributed by atoms with E-state index in [2.05, 4.69) is 52.5 Å². The number of carbonyl (C=O) groups is 4. The van der Waals surface area contributed by atoms with Gasteiger partial charge in [0.05, 0.1) is 22.8 Å². The summed E-state index contributed by atoms with van der Waals surface area (Å²) in [6.07, 6.45) is 0.305. The molecule has 4 aromatic heterocycles. The average Bonchev–Trinajstić information content (AvgIpc) is 3.80. The summed E-state index contributed by atoms with van der Waals surface area (Å²) in [4.78, 5) is 59.7. The summed E-state index contributed by atoms with van der Waals surface area (Å²) in [6, 6.07) is 22.0. The minimum absolute atomic E-state index is 0.0557. The largest absolute Gasteiger partial charge is 0.340 e. The first kappa shape index (κ1) is 34.7. The molecule has 0 radical (unpaired) electrons. The normalized spacial score (nSPS) is 22.4. The summed E-state index contributed by atoms with van der Waals surface area (Å²) in [5.41, 5.74) is 1.22. The number of carbonyl (C=O) groups excluding carboxylic acids is 4. The van der Waals surface area contributed by atoms with Gasteiger partial charge in [0.25, 0.3) is 0 Å². The fourth-order valence-electron chi connectivity index (χ4n) is 5.73. The molecule has 2 aliphatic heterocycles. The van der Waals surface area contributed by atoms with Crippen LogP contribution in [0.1, 0.15) is 41.8 Å². The van der Waals surface area contributed by atoms with Gasteiger partial charge in [0.2, 0.25) is 11.8 Å². The Labute approximate surface area is 310 Å². The minimum atomic E-state index is -0.977. The number of thiophene rings is 2. The van der Waals surface area contributed by atoms with Crippen molar-refractivity contribution in [3.63, 3.8) is 0 Å². The molecule has 1 aromatic carbocycles. The van der Waals surface area contributed by atoms with Crippen molar-refractivity contribution in [3.8, 4) is 0 Å². The molecule has 0 aliphatic carbocycles. The Morgan fingerprint density at radius 1 is 0.750 bits per heavy atom. The zero-order valence-corrected chi connectivity index (χ0v) is 31.2. The zero-order valence-electron chi connectivity index (χ0n) is 24.8. The van der Waals surface area contributed by atoms with E-state index in [0.29, 0.717) is 30.5 Å². The van der Waals surface area contributed by atoms with E-state index in [1.165, 1.54) is 34.4 Å². The van der Waals surface area contributed by atoms with Crippen molar-refractivity contribution in [2.75, 3.05) is 0 Å². The van der Waals surface area contributed by atoms with Crippen molar-refractivity contribution in [1.82, 2.24) is 20.6 Å². The van der Waals surface area contributed by atoms with Crippen molar-refractivity contribution in [2.24, 2.45) is 0 Å². The quantitative estimate of drug-likeness (QED) is 0.133. The van der Waals surface area contributed by atoms with E-state index in [0.717, 1.165) is 11.1 Å². The number of Topliss-reactive ketones (excluding diaryl/α,β-unsaturated/α-hetero) is 2. The van der Waals surface area contributed by atoms with Gasteiger partial charge in [-0.25, -0.2) is 9.97 Å². The van der Waals surface area contributed by atoms with Crippen LogP contribution in [0.15, 0.2) is 108 Å². The first-order chi connectivity index (χ1) is 23.1. The summed E-state index contributed by atoms with van der Waals surface area (Å²) in [6.45, 7) is 0. The van der Waals surface area contributed by atoms with Crippen LogP contribution in [0.4, 0.5) is 0 Å². The number of halogens is 3. The number of pyridine rings is 2. The third kappa shape index (κ3) is 7.22. The second-order valence-corrected chi connectivity index (χ2v) is 15.8. The highest BCUT2D eigenvalue weighted by Gasteiger charge is 2.48. The maximum absolute atomic E-state index is 13.1. The predicted octanol–water partition coefficient (Wildman–Crippen LogP) is 7.68. The molecular weight excluding hydrogens is 820 g/mol. The Hall–Kier alpha value is -3.20. The lowest BCUT2D eigenvalue weighted by molar-refractivity contribution is -0.135. The molecule has 2 saturated heterocycles. The molecule has 6 heterocycles. The lowest BCUT2D eigenvalue weighted by atomic mass is 9.79. The van der Waals surface area contributed by atoms with Crippen LogP contribution in [-0.2, 0) is 30.3 Å². The molecule has 0 bridgehead atoms. The Kier molecular flexibility index (Phi) is 10.6. The van der Waals surface area contributed by atoms with Gasteiger partial charge in [-0.1, -0.05) is 35.9 Å². The Morgan fingerprint density at radius 3 is 1.83 bits per heavy atom. The number of rotatable bonds is 6. The van der Waals surface area contributed by atoms with Crippen LogP contribution in [0, 0.1) is 0 Å². The minimum Gasteiger partial charge on any atom is -0.340 e. The molecule has 2 N–H and O–H groups in total. The van der Waals surface area contributed by atoms with Crippen molar-refractivity contribution in [1.29, 1.82) is 0 Å². The van der Waals surface area contributed by atoms with Gasteiger partial charge < -0.3 is 10.6 Å². The number of hydrogen-bond acceptors (Lipinski definition) is 9. The van der Waals surface area contributed by atoms with E-state index >= 15 is 0 Å². The van der Waals surface area contributed by atoms with Gasteiger partial charge in [-0.05, 0) is 113 Å². The highest BCUT2D eigenvalue weighted by molar-refractivity contribution is 9.10. The first-order valence-electron chi connectivity index (χ1n) is 14.5. The summed E-state index contributed by atoms with van der Waals surface area (Å²) in [5, 5.41) is 13.5. The number of thioether (sulfide) groups is 1. The second kappa shape index (κ2) is 14.7. The molecule has 2 amide bonds. The first-order valence-corrected chi connectivity index (χ1v) is 19.2. The lowest BCUT2D eigenvalue weighted by Gasteiger charge is -2.39. The molecule has 14 heteroatoms. The van der Waals surface area contributed by atoms with E-state index in [1.807, 2.05) is 88.3 Å². The fourth-order valence-corrected chi connectivity index (χ4v) is 9.12. The number of piperidine rings is 2. The highest BCUT2D eigenvalue weighted by atomic mass is 79.9. The van der Waals surface area contributed by atoms with E-state index in [9.17, 15) is 19.2 Å².